The number of carbonyl (C=O) groups excluding carboxylic acids is 1. The minimum Gasteiger partial charge on any atom is -0.352 e. The second-order valence-electron chi connectivity index (χ2n) is 8.26. The van der Waals surface area contributed by atoms with Gasteiger partial charge in [-0.25, -0.2) is 0 Å². The van der Waals surface area contributed by atoms with Gasteiger partial charge in [-0.05, 0) is 68.7 Å². The molecule has 3 heterocycles. The molecule has 0 radical (unpaired) electrons. The molecule has 2 atom stereocenters. The molecule has 2 bridgehead atoms. The number of hydrogen-bond acceptors (Lipinski definition) is 3. The number of fused-ring (bicyclic) bond motifs is 2. The van der Waals surface area contributed by atoms with Crippen molar-refractivity contribution in [3.8, 4) is 0 Å². The summed E-state index contributed by atoms with van der Waals surface area (Å²) < 4.78 is 0. The quantitative estimate of drug-likeness (QED) is 0.747. The molecule has 0 spiro atoms. The molecule has 0 saturated carbocycles. The van der Waals surface area contributed by atoms with Crippen molar-refractivity contribution in [2.24, 2.45) is 5.92 Å². The van der Waals surface area contributed by atoms with Crippen molar-refractivity contribution in [1.29, 1.82) is 0 Å². The molecule has 3 saturated heterocycles. The first kappa shape index (κ1) is 22.5. The fourth-order valence-corrected chi connectivity index (χ4v) is 4.91. The molecule has 2 unspecified atom stereocenters. The van der Waals surface area contributed by atoms with E-state index in [2.05, 4.69) is 39.8 Å². The normalized spacial score (nSPS) is 26.9. The molecule has 0 aromatic heterocycles. The topological polar surface area (TPSA) is 44.4 Å². The number of carbonyl (C=O) groups is 1. The van der Waals surface area contributed by atoms with E-state index < -0.39 is 0 Å². The number of nitrogens with zero attached hydrogens (tertiary/aromatic N) is 1. The minimum absolute atomic E-state index is 0. The van der Waals surface area contributed by atoms with Gasteiger partial charge in [0.05, 0.1) is 0 Å². The molecule has 4 nitrogen and oxygen atoms in total. The Morgan fingerprint density at radius 3 is 2.44 bits per heavy atom. The number of piperidine rings is 1. The van der Waals surface area contributed by atoms with Crippen molar-refractivity contribution in [1.82, 2.24) is 15.5 Å². The maximum Gasteiger partial charge on any atom is 0.220 e. The first-order valence-corrected chi connectivity index (χ1v) is 10.1. The van der Waals surface area contributed by atoms with E-state index in [1.54, 1.807) is 0 Å². The van der Waals surface area contributed by atoms with Crippen LogP contribution in [0.4, 0.5) is 0 Å². The fraction of sp³-hybridized carbons (Fsp3) is 0.667. The molecule has 0 aliphatic carbocycles. The number of halogens is 2. The molecule has 1 amide bonds. The second-order valence-corrected chi connectivity index (χ2v) is 8.26. The van der Waals surface area contributed by atoms with Gasteiger partial charge in [0.2, 0.25) is 5.91 Å². The molecule has 3 aliphatic rings. The molecule has 1 aromatic carbocycles. The van der Waals surface area contributed by atoms with E-state index >= 15 is 0 Å². The molecule has 3 fully saturated rings. The summed E-state index contributed by atoms with van der Waals surface area (Å²) in [5.41, 5.74) is 2.58. The summed E-state index contributed by atoms with van der Waals surface area (Å²) in [5, 5.41) is 6.80. The number of likely N-dealkylation sites (tertiary alicyclic amines) is 1. The van der Waals surface area contributed by atoms with Gasteiger partial charge in [-0.1, -0.05) is 24.3 Å². The average Bonchev–Trinajstić information content (AvgIpc) is 3.23. The number of hydrogen-bond donors (Lipinski definition) is 2. The van der Waals surface area contributed by atoms with Crippen LogP contribution in [0, 0.1) is 5.92 Å². The monoisotopic (exact) mass is 413 g/mol. The van der Waals surface area contributed by atoms with Crippen LogP contribution in [0.2, 0.25) is 0 Å². The second kappa shape index (κ2) is 10.7. The first-order chi connectivity index (χ1) is 12.2. The van der Waals surface area contributed by atoms with E-state index in [0.29, 0.717) is 31.0 Å². The molecule has 1 aromatic rings. The summed E-state index contributed by atoms with van der Waals surface area (Å²) in [6, 6.07) is 10.0. The van der Waals surface area contributed by atoms with Gasteiger partial charge in [0.25, 0.3) is 0 Å². The summed E-state index contributed by atoms with van der Waals surface area (Å²) in [4.78, 5) is 14.9. The van der Waals surface area contributed by atoms with Gasteiger partial charge in [-0.15, -0.1) is 24.8 Å². The summed E-state index contributed by atoms with van der Waals surface area (Å²) in [6.07, 6.45) is 8.30. The van der Waals surface area contributed by atoms with Crippen LogP contribution in [-0.4, -0.2) is 36.0 Å². The minimum atomic E-state index is 0. The first-order valence-electron chi connectivity index (χ1n) is 10.1. The maximum absolute atomic E-state index is 12.3. The van der Waals surface area contributed by atoms with Crippen LogP contribution >= 0.6 is 24.8 Å². The standard InChI is InChI=1S/C21H31N3O.2ClH/c25-21(13-18-11-19-6-7-20(12-18)23-19)22-14-16-4-3-5-17(10-16)15-24-8-1-2-9-24;;/h3-5,10,18-20,23H,1-2,6-9,11-15H2,(H,22,25);2*1H. The lowest BCUT2D eigenvalue weighted by Gasteiger charge is -2.28. The van der Waals surface area contributed by atoms with Crippen molar-refractivity contribution in [3.63, 3.8) is 0 Å². The average molecular weight is 414 g/mol. The van der Waals surface area contributed by atoms with Crippen LogP contribution in [0.15, 0.2) is 24.3 Å². The molecule has 2 N–H and O–H groups in total. The Bertz CT molecular complexity index is 595. The van der Waals surface area contributed by atoms with Crippen LogP contribution in [0.3, 0.4) is 0 Å². The van der Waals surface area contributed by atoms with Gasteiger partial charge in [-0.3, -0.25) is 9.69 Å². The van der Waals surface area contributed by atoms with Gasteiger partial charge < -0.3 is 10.6 Å². The maximum atomic E-state index is 12.3. The SMILES string of the molecule is Cl.Cl.O=C(CC1CC2CCC(C1)N2)NCc1cccc(CN2CCCC2)c1. The van der Waals surface area contributed by atoms with Crippen molar-refractivity contribution in [3.05, 3.63) is 35.4 Å². The smallest absolute Gasteiger partial charge is 0.220 e. The molecular weight excluding hydrogens is 381 g/mol. The molecule has 4 rings (SSSR count). The van der Waals surface area contributed by atoms with Gasteiger partial charge in [0, 0.05) is 31.6 Å². The number of amides is 1. The van der Waals surface area contributed by atoms with Gasteiger partial charge in [0.1, 0.15) is 0 Å². The van der Waals surface area contributed by atoms with Crippen molar-refractivity contribution >= 4 is 30.7 Å². The van der Waals surface area contributed by atoms with Crippen molar-refractivity contribution in [2.75, 3.05) is 13.1 Å². The Labute approximate surface area is 175 Å². The Hall–Kier alpha value is -0.810. The van der Waals surface area contributed by atoms with E-state index in [9.17, 15) is 4.79 Å². The van der Waals surface area contributed by atoms with E-state index in [1.807, 2.05) is 0 Å². The fourth-order valence-electron chi connectivity index (χ4n) is 4.91. The highest BCUT2D eigenvalue weighted by Crippen LogP contribution is 2.32. The highest BCUT2D eigenvalue weighted by atomic mass is 35.5. The molecule has 152 valence electrons. The number of benzene rings is 1. The third-order valence-electron chi connectivity index (χ3n) is 6.13. The van der Waals surface area contributed by atoms with Crippen LogP contribution in [0.1, 0.15) is 56.1 Å². The molecule has 6 heteroatoms. The largest absolute Gasteiger partial charge is 0.352 e. The zero-order chi connectivity index (χ0) is 17.1. The lowest BCUT2D eigenvalue weighted by atomic mass is 9.89. The predicted molar refractivity (Wildman–Crippen MR) is 115 cm³/mol. The van der Waals surface area contributed by atoms with Gasteiger partial charge >= 0.3 is 0 Å². The summed E-state index contributed by atoms with van der Waals surface area (Å²) in [5.74, 6) is 0.788. The van der Waals surface area contributed by atoms with E-state index in [0.717, 1.165) is 6.54 Å². The number of rotatable bonds is 6. The van der Waals surface area contributed by atoms with E-state index in [1.165, 1.54) is 62.7 Å². The third kappa shape index (κ3) is 6.35. The third-order valence-corrected chi connectivity index (χ3v) is 6.13. The zero-order valence-corrected chi connectivity index (χ0v) is 17.6. The van der Waals surface area contributed by atoms with Crippen LogP contribution < -0.4 is 10.6 Å². The Morgan fingerprint density at radius 1 is 1.07 bits per heavy atom. The Kier molecular flexibility index (Phi) is 8.87. The van der Waals surface area contributed by atoms with E-state index in [4.69, 9.17) is 0 Å². The number of nitrogens with one attached hydrogen (secondary N) is 2. The van der Waals surface area contributed by atoms with Crippen LogP contribution in [0.5, 0.6) is 0 Å². The Balaban J connectivity index is 0.00000131. The zero-order valence-electron chi connectivity index (χ0n) is 16.0. The lowest BCUT2D eigenvalue weighted by molar-refractivity contribution is -0.122. The van der Waals surface area contributed by atoms with E-state index in [-0.39, 0.29) is 30.7 Å². The Morgan fingerprint density at radius 2 is 1.74 bits per heavy atom. The van der Waals surface area contributed by atoms with Crippen LogP contribution in [0.25, 0.3) is 0 Å². The van der Waals surface area contributed by atoms with Gasteiger partial charge in [0.15, 0.2) is 0 Å². The lowest BCUT2D eigenvalue weighted by Crippen LogP contribution is -2.39. The van der Waals surface area contributed by atoms with Crippen molar-refractivity contribution < 1.29 is 4.79 Å². The summed E-state index contributed by atoms with van der Waals surface area (Å²) in [6.45, 7) is 4.14. The van der Waals surface area contributed by atoms with Crippen LogP contribution in [-0.2, 0) is 17.9 Å². The molecule has 3 aliphatic heterocycles. The summed E-state index contributed by atoms with van der Waals surface area (Å²) in [7, 11) is 0. The predicted octanol–water partition coefficient (Wildman–Crippen LogP) is 3.66. The summed E-state index contributed by atoms with van der Waals surface area (Å²) >= 11 is 0. The highest BCUT2D eigenvalue weighted by molar-refractivity contribution is 5.85. The molecular formula is C21H33Cl2N3O. The molecule has 27 heavy (non-hydrogen) atoms. The van der Waals surface area contributed by atoms with Crippen molar-refractivity contribution in [2.45, 2.75) is 70.1 Å². The van der Waals surface area contributed by atoms with Gasteiger partial charge in [-0.2, -0.15) is 0 Å². The highest BCUT2D eigenvalue weighted by Gasteiger charge is 2.34.